The first-order valence-corrected chi connectivity index (χ1v) is 8.70. The molecular formula is C21H18N4O4. The highest BCUT2D eigenvalue weighted by Gasteiger charge is 2.35. The standard InChI is InChI=1S/C21H18N4O4/c1-27-11-4-6-12(15(8-11)28-2)17-13-5-3-10(26)7-16(13)29-21-18(17)19(23)14(9-22)20(24)25-21/h3-8,17,26H,1-2H3,(H4,23,24,25)/t17-/m0/s1. The van der Waals surface area contributed by atoms with Crippen molar-refractivity contribution in [1.29, 1.82) is 5.26 Å². The molecule has 1 aliphatic rings. The normalized spacial score (nSPS) is 14.2. The molecule has 1 atom stereocenters. The molecule has 0 bridgehead atoms. The largest absolute Gasteiger partial charge is 0.508 e. The molecule has 0 aliphatic carbocycles. The van der Waals surface area contributed by atoms with Crippen molar-refractivity contribution in [1.82, 2.24) is 4.98 Å². The lowest BCUT2D eigenvalue weighted by Gasteiger charge is -2.30. The maximum absolute atomic E-state index is 9.92. The fourth-order valence-electron chi connectivity index (χ4n) is 3.58. The van der Waals surface area contributed by atoms with Crippen molar-refractivity contribution in [3.8, 4) is 34.9 Å². The van der Waals surface area contributed by atoms with Crippen molar-refractivity contribution in [2.24, 2.45) is 0 Å². The second kappa shape index (κ2) is 6.80. The van der Waals surface area contributed by atoms with Gasteiger partial charge in [-0.3, -0.25) is 0 Å². The molecule has 146 valence electrons. The van der Waals surface area contributed by atoms with E-state index in [4.69, 9.17) is 25.7 Å². The average Bonchev–Trinajstić information content (AvgIpc) is 2.72. The number of aromatic hydroxyl groups is 1. The Hall–Kier alpha value is -4.12. The monoisotopic (exact) mass is 390 g/mol. The van der Waals surface area contributed by atoms with Crippen molar-refractivity contribution >= 4 is 11.5 Å². The number of nitrogens with two attached hydrogens (primary N) is 2. The van der Waals surface area contributed by atoms with Gasteiger partial charge in [-0.05, 0) is 12.1 Å². The first-order chi connectivity index (χ1) is 14.0. The zero-order valence-electron chi connectivity index (χ0n) is 15.8. The number of nitrogen functional groups attached to an aromatic ring is 2. The molecule has 5 N–H and O–H groups in total. The van der Waals surface area contributed by atoms with Gasteiger partial charge in [0.25, 0.3) is 0 Å². The molecule has 1 aromatic heterocycles. The average molecular weight is 390 g/mol. The minimum atomic E-state index is -0.463. The van der Waals surface area contributed by atoms with Crippen LogP contribution in [0.1, 0.15) is 28.2 Å². The van der Waals surface area contributed by atoms with Crippen molar-refractivity contribution in [3.63, 3.8) is 0 Å². The van der Waals surface area contributed by atoms with Crippen LogP contribution >= 0.6 is 0 Å². The molecule has 0 radical (unpaired) electrons. The van der Waals surface area contributed by atoms with Crippen LogP contribution < -0.4 is 25.7 Å². The number of aromatic nitrogens is 1. The third-order valence-electron chi connectivity index (χ3n) is 4.93. The van der Waals surface area contributed by atoms with E-state index in [1.54, 1.807) is 38.5 Å². The van der Waals surface area contributed by atoms with Gasteiger partial charge < -0.3 is 30.8 Å². The molecule has 0 saturated carbocycles. The number of hydrogen-bond donors (Lipinski definition) is 3. The Morgan fingerprint density at radius 2 is 1.86 bits per heavy atom. The molecule has 2 aromatic carbocycles. The van der Waals surface area contributed by atoms with Gasteiger partial charge in [0.15, 0.2) is 0 Å². The topological polar surface area (TPSA) is 137 Å². The Kier molecular flexibility index (Phi) is 4.28. The lowest BCUT2D eigenvalue weighted by molar-refractivity contribution is 0.388. The minimum Gasteiger partial charge on any atom is -0.508 e. The lowest BCUT2D eigenvalue weighted by atomic mass is 9.81. The van der Waals surface area contributed by atoms with E-state index in [0.29, 0.717) is 22.8 Å². The summed E-state index contributed by atoms with van der Waals surface area (Å²) in [6.45, 7) is 0. The summed E-state index contributed by atoms with van der Waals surface area (Å²) in [5.41, 5.74) is 14.5. The third-order valence-corrected chi connectivity index (χ3v) is 4.93. The van der Waals surface area contributed by atoms with Gasteiger partial charge in [-0.25, -0.2) is 0 Å². The number of nitriles is 1. The number of ether oxygens (including phenoxy) is 3. The number of methoxy groups -OCH3 is 2. The summed E-state index contributed by atoms with van der Waals surface area (Å²) in [4.78, 5) is 4.24. The molecule has 3 aromatic rings. The molecule has 29 heavy (non-hydrogen) atoms. The SMILES string of the molecule is COc1ccc([C@H]2c3ccc(O)cc3Oc3nc(N)c(C#N)c(N)c32)c(OC)c1. The number of anilines is 2. The van der Waals surface area contributed by atoms with Gasteiger partial charge in [0.2, 0.25) is 5.88 Å². The minimum absolute atomic E-state index is 0.0206. The molecule has 1 aliphatic heterocycles. The van der Waals surface area contributed by atoms with Crippen LogP contribution in [0.15, 0.2) is 36.4 Å². The summed E-state index contributed by atoms with van der Waals surface area (Å²) in [5, 5.41) is 19.4. The zero-order valence-corrected chi connectivity index (χ0v) is 15.8. The van der Waals surface area contributed by atoms with Gasteiger partial charge in [-0.2, -0.15) is 10.2 Å². The molecule has 8 heteroatoms. The second-order valence-corrected chi connectivity index (χ2v) is 6.48. The van der Waals surface area contributed by atoms with E-state index in [1.807, 2.05) is 12.1 Å². The van der Waals surface area contributed by atoms with Gasteiger partial charge in [0, 0.05) is 29.2 Å². The highest BCUT2D eigenvalue weighted by atomic mass is 16.5. The summed E-state index contributed by atoms with van der Waals surface area (Å²) in [6.07, 6.45) is 0. The van der Waals surface area contributed by atoms with Crippen LogP contribution in [0.5, 0.6) is 28.9 Å². The number of benzene rings is 2. The maximum Gasteiger partial charge on any atom is 0.227 e. The quantitative estimate of drug-likeness (QED) is 0.485. The smallest absolute Gasteiger partial charge is 0.227 e. The Labute approximate surface area is 166 Å². The van der Waals surface area contributed by atoms with E-state index in [0.717, 1.165) is 11.1 Å². The highest BCUT2D eigenvalue weighted by molar-refractivity contribution is 5.76. The number of hydrogen-bond acceptors (Lipinski definition) is 8. The van der Waals surface area contributed by atoms with E-state index in [9.17, 15) is 10.4 Å². The molecular weight excluding hydrogens is 372 g/mol. The number of phenols is 1. The van der Waals surface area contributed by atoms with Crippen LogP contribution in [0.4, 0.5) is 11.5 Å². The van der Waals surface area contributed by atoms with Gasteiger partial charge in [0.05, 0.1) is 25.5 Å². The second-order valence-electron chi connectivity index (χ2n) is 6.48. The number of pyridine rings is 1. The number of phenolic OH excluding ortho intramolecular Hbond substituents is 1. The van der Waals surface area contributed by atoms with Crippen LogP contribution in [0, 0.1) is 11.3 Å². The third kappa shape index (κ3) is 2.80. The van der Waals surface area contributed by atoms with Crippen molar-refractivity contribution < 1.29 is 19.3 Å². The first kappa shape index (κ1) is 18.3. The summed E-state index contributed by atoms with van der Waals surface area (Å²) in [7, 11) is 3.13. The number of rotatable bonds is 3. The molecule has 0 spiro atoms. The summed E-state index contributed by atoms with van der Waals surface area (Å²) in [6, 6.07) is 12.2. The zero-order chi connectivity index (χ0) is 20.7. The summed E-state index contributed by atoms with van der Waals surface area (Å²) >= 11 is 0. The predicted octanol–water partition coefficient (Wildman–Crippen LogP) is 3.13. The molecule has 0 fully saturated rings. The van der Waals surface area contributed by atoms with E-state index in [1.165, 1.54) is 6.07 Å². The fourth-order valence-corrected chi connectivity index (χ4v) is 3.58. The van der Waals surface area contributed by atoms with E-state index in [2.05, 4.69) is 4.98 Å². The Morgan fingerprint density at radius 1 is 1.10 bits per heavy atom. The van der Waals surface area contributed by atoms with Crippen molar-refractivity contribution in [3.05, 3.63) is 58.7 Å². The number of nitrogens with zero attached hydrogens (tertiary/aromatic N) is 2. The maximum atomic E-state index is 9.92. The molecule has 0 amide bonds. The summed E-state index contributed by atoms with van der Waals surface area (Å²) in [5.74, 6) is 1.35. The molecule has 0 saturated heterocycles. The Morgan fingerprint density at radius 3 is 2.55 bits per heavy atom. The van der Waals surface area contributed by atoms with Crippen LogP contribution in [0.3, 0.4) is 0 Å². The Bertz CT molecular complexity index is 1170. The van der Waals surface area contributed by atoms with E-state index < -0.39 is 5.92 Å². The van der Waals surface area contributed by atoms with E-state index >= 15 is 0 Å². The molecule has 2 heterocycles. The fraction of sp³-hybridized carbons (Fsp3) is 0.143. The molecule has 8 nitrogen and oxygen atoms in total. The van der Waals surface area contributed by atoms with Crippen LogP contribution in [-0.4, -0.2) is 24.3 Å². The Balaban J connectivity index is 2.06. The van der Waals surface area contributed by atoms with Crippen LogP contribution in [0.25, 0.3) is 0 Å². The number of fused-ring (bicyclic) bond motifs is 2. The van der Waals surface area contributed by atoms with Gasteiger partial charge >= 0.3 is 0 Å². The van der Waals surface area contributed by atoms with Gasteiger partial charge in [-0.1, -0.05) is 12.1 Å². The molecule has 4 rings (SSSR count). The van der Waals surface area contributed by atoms with Crippen molar-refractivity contribution in [2.45, 2.75) is 5.92 Å². The van der Waals surface area contributed by atoms with Gasteiger partial charge in [0.1, 0.15) is 40.4 Å². The first-order valence-electron chi connectivity index (χ1n) is 8.70. The predicted molar refractivity (Wildman–Crippen MR) is 106 cm³/mol. The van der Waals surface area contributed by atoms with Crippen molar-refractivity contribution in [2.75, 3.05) is 25.7 Å². The van der Waals surface area contributed by atoms with Crippen LogP contribution in [0.2, 0.25) is 0 Å². The van der Waals surface area contributed by atoms with Crippen LogP contribution in [-0.2, 0) is 0 Å². The van der Waals surface area contributed by atoms with Gasteiger partial charge in [-0.15, -0.1) is 0 Å². The van der Waals surface area contributed by atoms with E-state index in [-0.39, 0.29) is 28.7 Å². The summed E-state index contributed by atoms with van der Waals surface area (Å²) < 4.78 is 16.8. The highest BCUT2D eigenvalue weighted by Crippen LogP contribution is 2.52. The lowest BCUT2D eigenvalue weighted by Crippen LogP contribution is -2.17. The molecule has 0 unspecified atom stereocenters.